The van der Waals surface area contributed by atoms with Crippen molar-refractivity contribution < 1.29 is 19.1 Å². The lowest BCUT2D eigenvalue weighted by Crippen LogP contribution is -2.26. The van der Waals surface area contributed by atoms with Crippen LogP contribution >= 0.6 is 22.9 Å². The van der Waals surface area contributed by atoms with E-state index in [4.69, 9.17) is 16.0 Å². The van der Waals surface area contributed by atoms with Crippen LogP contribution in [0.1, 0.15) is 15.4 Å². The van der Waals surface area contributed by atoms with Crippen LogP contribution in [0.5, 0.6) is 0 Å². The number of furan rings is 1. The average molecular weight is 374 g/mol. The van der Waals surface area contributed by atoms with Gasteiger partial charge < -0.3 is 14.8 Å². The first-order valence-corrected chi connectivity index (χ1v) is 8.38. The molecule has 3 rings (SSSR count). The Morgan fingerprint density at radius 1 is 1.12 bits per heavy atom. The minimum absolute atomic E-state index is 0.0371. The van der Waals surface area contributed by atoms with Crippen LogP contribution < -0.4 is 5.32 Å². The third-order valence-electron chi connectivity index (χ3n) is 3.28. The van der Waals surface area contributed by atoms with Gasteiger partial charge in [0, 0.05) is 20.3 Å². The summed E-state index contributed by atoms with van der Waals surface area (Å²) in [5, 5.41) is 12.3. The molecule has 2 aromatic heterocycles. The van der Waals surface area contributed by atoms with Gasteiger partial charge in [0.05, 0.1) is 6.26 Å². The highest BCUT2D eigenvalue weighted by atomic mass is 35.5. The van der Waals surface area contributed by atoms with Crippen molar-refractivity contribution in [1.82, 2.24) is 5.32 Å². The van der Waals surface area contributed by atoms with E-state index in [1.165, 1.54) is 29.7 Å². The number of thiophene rings is 1. The van der Waals surface area contributed by atoms with E-state index in [1.54, 1.807) is 18.2 Å². The summed E-state index contributed by atoms with van der Waals surface area (Å²) in [7, 11) is 0. The molecule has 0 fully saturated rings. The second-order valence-corrected chi connectivity index (χ2v) is 6.50. The summed E-state index contributed by atoms with van der Waals surface area (Å²) in [5.74, 6) is -1.83. The highest BCUT2D eigenvalue weighted by molar-refractivity contribution is 7.16. The third-order valence-corrected chi connectivity index (χ3v) is 4.67. The van der Waals surface area contributed by atoms with E-state index in [0.717, 1.165) is 10.4 Å². The predicted octanol–water partition coefficient (Wildman–Crippen LogP) is 4.52. The first-order chi connectivity index (χ1) is 12.0. The molecule has 0 bridgehead atoms. The molecule has 0 aliphatic carbocycles. The molecule has 0 aliphatic heterocycles. The van der Waals surface area contributed by atoms with Crippen LogP contribution in [0.2, 0.25) is 5.02 Å². The predicted molar refractivity (Wildman–Crippen MR) is 96.6 cm³/mol. The van der Waals surface area contributed by atoms with Crippen molar-refractivity contribution in [2.45, 2.75) is 0 Å². The fourth-order valence-electron chi connectivity index (χ4n) is 2.12. The van der Waals surface area contributed by atoms with E-state index in [-0.39, 0.29) is 11.5 Å². The van der Waals surface area contributed by atoms with Gasteiger partial charge in [-0.3, -0.25) is 4.79 Å². The zero-order valence-corrected chi connectivity index (χ0v) is 14.3. The Kier molecular flexibility index (Phi) is 5.02. The zero-order valence-electron chi connectivity index (χ0n) is 12.7. The van der Waals surface area contributed by atoms with Crippen molar-refractivity contribution in [3.05, 3.63) is 76.2 Å². The first kappa shape index (κ1) is 17.0. The minimum Gasteiger partial charge on any atom is -0.477 e. The molecule has 126 valence electrons. The van der Waals surface area contributed by atoms with E-state index in [0.29, 0.717) is 9.90 Å². The SMILES string of the molecule is O=C(O)/C(=C\c1ccc(-c2ccccc2Cl)s1)NC(=O)c1ccco1. The van der Waals surface area contributed by atoms with Gasteiger partial charge in [-0.2, -0.15) is 0 Å². The summed E-state index contributed by atoms with van der Waals surface area (Å²) in [6.45, 7) is 0. The maximum absolute atomic E-state index is 12.0. The van der Waals surface area contributed by atoms with Gasteiger partial charge >= 0.3 is 5.97 Å². The molecular weight excluding hydrogens is 362 g/mol. The highest BCUT2D eigenvalue weighted by Gasteiger charge is 2.16. The van der Waals surface area contributed by atoms with Gasteiger partial charge in [0.15, 0.2) is 5.76 Å². The van der Waals surface area contributed by atoms with Crippen LogP contribution in [0, 0.1) is 0 Å². The molecule has 0 saturated heterocycles. The second-order valence-electron chi connectivity index (χ2n) is 4.98. The summed E-state index contributed by atoms with van der Waals surface area (Å²) in [4.78, 5) is 24.9. The van der Waals surface area contributed by atoms with Crippen LogP contribution in [-0.2, 0) is 4.79 Å². The van der Waals surface area contributed by atoms with E-state index >= 15 is 0 Å². The fraction of sp³-hybridized carbons (Fsp3) is 0. The maximum atomic E-state index is 12.0. The number of hydrogen-bond donors (Lipinski definition) is 2. The smallest absolute Gasteiger partial charge is 0.352 e. The Morgan fingerprint density at radius 2 is 1.92 bits per heavy atom. The monoisotopic (exact) mass is 373 g/mol. The molecule has 0 saturated carbocycles. The summed E-state index contributed by atoms with van der Waals surface area (Å²) in [6, 6.07) is 14.0. The normalized spacial score (nSPS) is 11.3. The van der Waals surface area contributed by atoms with Crippen molar-refractivity contribution in [3.8, 4) is 10.4 Å². The summed E-state index contributed by atoms with van der Waals surface area (Å²) in [6.07, 6.45) is 2.74. The number of carboxylic acids is 1. The number of nitrogens with one attached hydrogen (secondary N) is 1. The van der Waals surface area contributed by atoms with Crippen molar-refractivity contribution in [2.24, 2.45) is 0 Å². The Morgan fingerprint density at radius 3 is 2.60 bits per heavy atom. The number of aliphatic carboxylic acids is 1. The fourth-order valence-corrected chi connectivity index (χ4v) is 3.41. The minimum atomic E-state index is -1.24. The lowest BCUT2D eigenvalue weighted by atomic mass is 10.2. The van der Waals surface area contributed by atoms with E-state index in [9.17, 15) is 14.7 Å². The van der Waals surface area contributed by atoms with Gasteiger partial charge in [-0.25, -0.2) is 4.79 Å². The van der Waals surface area contributed by atoms with Crippen LogP contribution in [0.15, 0.2) is 64.9 Å². The van der Waals surface area contributed by atoms with Crippen molar-refractivity contribution in [1.29, 1.82) is 0 Å². The quantitative estimate of drug-likeness (QED) is 0.644. The summed E-state index contributed by atoms with van der Waals surface area (Å²) in [5.41, 5.74) is 0.624. The van der Waals surface area contributed by atoms with Crippen LogP contribution in [0.25, 0.3) is 16.5 Å². The van der Waals surface area contributed by atoms with E-state index in [2.05, 4.69) is 5.32 Å². The Hall–Kier alpha value is -2.83. The lowest BCUT2D eigenvalue weighted by Gasteiger charge is -2.03. The molecule has 2 heterocycles. The van der Waals surface area contributed by atoms with Gasteiger partial charge in [-0.1, -0.05) is 29.8 Å². The van der Waals surface area contributed by atoms with Crippen molar-refractivity contribution in [2.75, 3.05) is 0 Å². The third kappa shape index (κ3) is 3.99. The Balaban J connectivity index is 1.85. The average Bonchev–Trinajstić information content (AvgIpc) is 3.26. The Labute approximate surface area is 152 Å². The van der Waals surface area contributed by atoms with Gasteiger partial charge in [0.25, 0.3) is 5.91 Å². The zero-order chi connectivity index (χ0) is 17.8. The number of amides is 1. The van der Waals surface area contributed by atoms with Gasteiger partial charge in [-0.15, -0.1) is 11.3 Å². The van der Waals surface area contributed by atoms with Crippen LogP contribution in [0.4, 0.5) is 0 Å². The van der Waals surface area contributed by atoms with Gasteiger partial charge in [0.1, 0.15) is 5.70 Å². The van der Waals surface area contributed by atoms with Gasteiger partial charge in [0.2, 0.25) is 0 Å². The molecule has 3 aromatic rings. The molecule has 1 aromatic carbocycles. The lowest BCUT2D eigenvalue weighted by molar-refractivity contribution is -0.132. The van der Waals surface area contributed by atoms with E-state index in [1.807, 2.05) is 24.3 Å². The summed E-state index contributed by atoms with van der Waals surface area (Å²) < 4.78 is 4.96. The molecule has 7 heteroatoms. The number of carbonyl (C=O) groups is 2. The second kappa shape index (κ2) is 7.38. The Bertz CT molecular complexity index is 944. The largest absolute Gasteiger partial charge is 0.477 e. The number of benzene rings is 1. The molecule has 5 nitrogen and oxygen atoms in total. The topological polar surface area (TPSA) is 79.5 Å². The van der Waals surface area contributed by atoms with Crippen molar-refractivity contribution in [3.63, 3.8) is 0 Å². The number of carboxylic acid groups (broad SMARTS) is 1. The molecule has 0 spiro atoms. The number of rotatable bonds is 5. The van der Waals surface area contributed by atoms with Crippen LogP contribution in [-0.4, -0.2) is 17.0 Å². The first-order valence-electron chi connectivity index (χ1n) is 7.19. The van der Waals surface area contributed by atoms with Crippen molar-refractivity contribution >= 4 is 40.9 Å². The number of carbonyl (C=O) groups excluding carboxylic acids is 1. The molecule has 0 atom stereocenters. The highest BCUT2D eigenvalue weighted by Crippen LogP contribution is 2.33. The molecule has 2 N–H and O–H groups in total. The molecule has 25 heavy (non-hydrogen) atoms. The van der Waals surface area contributed by atoms with E-state index < -0.39 is 11.9 Å². The molecule has 0 unspecified atom stereocenters. The molecular formula is C18H12ClNO4S. The number of hydrogen-bond acceptors (Lipinski definition) is 4. The number of halogens is 1. The van der Waals surface area contributed by atoms with Crippen LogP contribution in [0.3, 0.4) is 0 Å². The molecule has 0 radical (unpaired) electrons. The summed E-state index contributed by atoms with van der Waals surface area (Å²) >= 11 is 7.55. The molecule has 1 amide bonds. The maximum Gasteiger partial charge on any atom is 0.352 e. The standard InChI is InChI=1S/C18H12ClNO4S/c19-13-5-2-1-4-12(13)16-8-7-11(25-16)10-14(18(22)23)20-17(21)15-6-3-9-24-15/h1-10H,(H,20,21)(H,22,23)/b14-10+. The van der Waals surface area contributed by atoms with Gasteiger partial charge in [-0.05, 0) is 36.4 Å². The molecule has 0 aliphatic rings.